The van der Waals surface area contributed by atoms with Crippen LogP contribution in [0, 0.1) is 5.92 Å². The van der Waals surface area contributed by atoms with Crippen LogP contribution in [0.3, 0.4) is 0 Å². The minimum atomic E-state index is -0.164. The molecule has 1 heterocycles. The van der Waals surface area contributed by atoms with E-state index < -0.39 is 0 Å². The minimum Gasteiger partial charge on any atom is -0.346 e. The van der Waals surface area contributed by atoms with Crippen LogP contribution in [0.5, 0.6) is 0 Å². The number of carbonyl (C=O) groups excluding carboxylic acids is 1. The first-order valence-electron chi connectivity index (χ1n) is 11.4. The highest BCUT2D eigenvalue weighted by Gasteiger charge is 2.19. The summed E-state index contributed by atoms with van der Waals surface area (Å²) in [6.07, 6.45) is 1.46. The van der Waals surface area contributed by atoms with Crippen LogP contribution in [0.2, 0.25) is 0 Å². The summed E-state index contributed by atoms with van der Waals surface area (Å²) in [4.78, 5) is 17.7. The highest BCUT2D eigenvalue weighted by Crippen LogP contribution is 2.23. The maximum atomic E-state index is 12.8. The largest absolute Gasteiger partial charge is 0.346 e. The number of para-hydroxylation sites is 2. The maximum Gasteiger partial charge on any atom is 0.224 e. The van der Waals surface area contributed by atoms with Crippen LogP contribution < -0.4 is 5.32 Å². The van der Waals surface area contributed by atoms with Gasteiger partial charge in [0.05, 0.1) is 23.5 Å². The standard InChI is InChI=1S/C28H31N3O/c1-4-20(2)19-31-26-13-9-8-12-25(26)30-28(31)21(3)29-27(32)18-22-14-16-24(17-15-22)23-10-6-5-7-11-23/h5-17,20-21H,4,18-19H2,1-3H3,(H,29,32). The molecule has 0 aliphatic rings. The lowest BCUT2D eigenvalue weighted by Gasteiger charge is -2.18. The number of benzene rings is 3. The molecular weight excluding hydrogens is 394 g/mol. The van der Waals surface area contributed by atoms with Crippen molar-refractivity contribution in [3.8, 4) is 11.1 Å². The van der Waals surface area contributed by atoms with Crippen LogP contribution >= 0.6 is 0 Å². The molecule has 1 N–H and O–H groups in total. The third-order valence-corrected chi connectivity index (χ3v) is 6.07. The average molecular weight is 426 g/mol. The van der Waals surface area contributed by atoms with Crippen molar-refractivity contribution in [1.82, 2.24) is 14.9 Å². The van der Waals surface area contributed by atoms with Crippen molar-refractivity contribution in [2.45, 2.75) is 46.2 Å². The average Bonchev–Trinajstić information content (AvgIpc) is 3.18. The molecule has 1 amide bonds. The smallest absolute Gasteiger partial charge is 0.224 e. The van der Waals surface area contributed by atoms with Gasteiger partial charge in [0.25, 0.3) is 0 Å². The van der Waals surface area contributed by atoms with Gasteiger partial charge in [-0.25, -0.2) is 4.98 Å². The number of rotatable bonds is 8. The first-order chi connectivity index (χ1) is 15.5. The van der Waals surface area contributed by atoms with Gasteiger partial charge in [0, 0.05) is 6.54 Å². The maximum absolute atomic E-state index is 12.8. The molecule has 4 aromatic rings. The van der Waals surface area contributed by atoms with Crippen LogP contribution in [0.15, 0.2) is 78.9 Å². The highest BCUT2D eigenvalue weighted by atomic mass is 16.1. The predicted octanol–water partition coefficient (Wildman–Crippen LogP) is 6.17. The summed E-state index contributed by atoms with van der Waals surface area (Å²) in [5.74, 6) is 1.46. The van der Waals surface area contributed by atoms with E-state index >= 15 is 0 Å². The van der Waals surface area contributed by atoms with Gasteiger partial charge in [0.1, 0.15) is 5.82 Å². The van der Waals surface area contributed by atoms with Gasteiger partial charge in [-0.1, -0.05) is 87.0 Å². The second kappa shape index (κ2) is 9.82. The fraction of sp³-hybridized carbons (Fsp3) is 0.286. The lowest BCUT2D eigenvalue weighted by atomic mass is 10.0. The van der Waals surface area contributed by atoms with Gasteiger partial charge in [-0.3, -0.25) is 4.79 Å². The Labute approximate surface area is 190 Å². The van der Waals surface area contributed by atoms with E-state index in [1.807, 2.05) is 55.5 Å². The number of amides is 1. The van der Waals surface area contributed by atoms with Crippen molar-refractivity contribution < 1.29 is 4.79 Å². The Balaban J connectivity index is 1.47. The molecule has 0 aliphatic heterocycles. The Morgan fingerprint density at radius 1 is 0.906 bits per heavy atom. The van der Waals surface area contributed by atoms with E-state index in [2.05, 4.69) is 54.1 Å². The van der Waals surface area contributed by atoms with Crippen molar-refractivity contribution in [1.29, 1.82) is 0 Å². The predicted molar refractivity (Wildman–Crippen MR) is 131 cm³/mol. The number of carbonyl (C=O) groups is 1. The fourth-order valence-electron chi connectivity index (χ4n) is 4.05. The van der Waals surface area contributed by atoms with Crippen LogP contribution in [-0.2, 0) is 17.8 Å². The second-order valence-corrected chi connectivity index (χ2v) is 8.61. The lowest BCUT2D eigenvalue weighted by Crippen LogP contribution is -2.30. The molecular formula is C28H31N3O. The molecule has 4 nitrogen and oxygen atoms in total. The molecule has 0 bridgehead atoms. The van der Waals surface area contributed by atoms with E-state index in [4.69, 9.17) is 4.98 Å². The van der Waals surface area contributed by atoms with Crippen LogP contribution in [0.4, 0.5) is 0 Å². The molecule has 2 unspecified atom stereocenters. The summed E-state index contributed by atoms with van der Waals surface area (Å²) in [6, 6.07) is 26.5. The van der Waals surface area contributed by atoms with Crippen molar-refractivity contribution in [3.63, 3.8) is 0 Å². The van der Waals surface area contributed by atoms with Gasteiger partial charge in [0.2, 0.25) is 5.91 Å². The Morgan fingerprint density at radius 2 is 1.56 bits per heavy atom. The first kappa shape index (κ1) is 21.8. The Kier molecular flexibility index (Phi) is 6.69. The molecule has 1 aromatic heterocycles. The van der Waals surface area contributed by atoms with E-state index in [1.165, 1.54) is 5.56 Å². The van der Waals surface area contributed by atoms with E-state index in [9.17, 15) is 4.79 Å². The second-order valence-electron chi connectivity index (χ2n) is 8.61. The Bertz CT molecular complexity index is 1180. The van der Waals surface area contributed by atoms with Gasteiger partial charge >= 0.3 is 0 Å². The van der Waals surface area contributed by atoms with Crippen LogP contribution in [0.25, 0.3) is 22.2 Å². The molecule has 164 valence electrons. The number of imidazole rings is 1. The molecule has 2 atom stereocenters. The van der Waals surface area contributed by atoms with Gasteiger partial charge in [-0.2, -0.15) is 0 Å². The summed E-state index contributed by atoms with van der Waals surface area (Å²) in [6.45, 7) is 7.37. The monoisotopic (exact) mass is 425 g/mol. The van der Waals surface area contributed by atoms with Crippen molar-refractivity contribution >= 4 is 16.9 Å². The molecule has 3 aromatic carbocycles. The quantitative estimate of drug-likeness (QED) is 0.367. The zero-order chi connectivity index (χ0) is 22.5. The normalized spacial score (nSPS) is 13.1. The number of hydrogen-bond acceptors (Lipinski definition) is 2. The van der Waals surface area contributed by atoms with Crippen LogP contribution in [0.1, 0.15) is 44.6 Å². The molecule has 32 heavy (non-hydrogen) atoms. The molecule has 0 radical (unpaired) electrons. The molecule has 0 saturated carbocycles. The number of aromatic nitrogens is 2. The fourth-order valence-corrected chi connectivity index (χ4v) is 4.05. The summed E-state index contributed by atoms with van der Waals surface area (Å²) in [7, 11) is 0. The van der Waals surface area contributed by atoms with E-state index in [0.717, 1.165) is 41.0 Å². The topological polar surface area (TPSA) is 46.9 Å². The molecule has 0 fully saturated rings. The number of nitrogens with zero attached hydrogens (tertiary/aromatic N) is 2. The summed E-state index contributed by atoms with van der Waals surface area (Å²) in [5, 5.41) is 3.16. The molecule has 4 rings (SSSR count). The van der Waals surface area contributed by atoms with Crippen molar-refractivity contribution in [3.05, 3.63) is 90.3 Å². The number of nitrogens with one attached hydrogen (secondary N) is 1. The summed E-state index contributed by atoms with van der Waals surface area (Å²) < 4.78 is 2.27. The minimum absolute atomic E-state index is 0.00658. The molecule has 0 saturated heterocycles. The van der Waals surface area contributed by atoms with Gasteiger partial charge < -0.3 is 9.88 Å². The number of fused-ring (bicyclic) bond motifs is 1. The first-order valence-corrected chi connectivity index (χ1v) is 11.4. The summed E-state index contributed by atoms with van der Waals surface area (Å²) in [5.41, 5.74) is 5.44. The number of hydrogen-bond donors (Lipinski definition) is 1. The molecule has 0 spiro atoms. The lowest BCUT2D eigenvalue weighted by molar-refractivity contribution is -0.121. The third kappa shape index (κ3) is 4.91. The van der Waals surface area contributed by atoms with Crippen LogP contribution in [-0.4, -0.2) is 15.5 Å². The zero-order valence-corrected chi connectivity index (χ0v) is 19.1. The van der Waals surface area contributed by atoms with E-state index in [1.54, 1.807) is 0 Å². The van der Waals surface area contributed by atoms with Crippen molar-refractivity contribution in [2.24, 2.45) is 5.92 Å². The van der Waals surface area contributed by atoms with Gasteiger partial charge in [0.15, 0.2) is 0 Å². The Morgan fingerprint density at radius 3 is 2.28 bits per heavy atom. The van der Waals surface area contributed by atoms with E-state index in [-0.39, 0.29) is 11.9 Å². The highest BCUT2D eigenvalue weighted by molar-refractivity contribution is 5.80. The van der Waals surface area contributed by atoms with Gasteiger partial charge in [-0.05, 0) is 41.7 Å². The van der Waals surface area contributed by atoms with Crippen molar-refractivity contribution in [2.75, 3.05) is 0 Å². The van der Waals surface area contributed by atoms with Gasteiger partial charge in [-0.15, -0.1) is 0 Å². The Hall–Kier alpha value is -3.40. The zero-order valence-electron chi connectivity index (χ0n) is 19.1. The molecule has 4 heteroatoms. The summed E-state index contributed by atoms with van der Waals surface area (Å²) >= 11 is 0. The van der Waals surface area contributed by atoms with E-state index in [0.29, 0.717) is 12.3 Å². The SMILES string of the molecule is CCC(C)Cn1c(C(C)NC(=O)Cc2ccc(-c3ccccc3)cc2)nc2ccccc21. The molecule has 0 aliphatic carbocycles. The third-order valence-electron chi connectivity index (χ3n) is 6.07.